The summed E-state index contributed by atoms with van der Waals surface area (Å²) in [6, 6.07) is 8.17. The van der Waals surface area contributed by atoms with Crippen LogP contribution in [0.25, 0.3) is 0 Å². The van der Waals surface area contributed by atoms with Crippen molar-refractivity contribution in [2.75, 3.05) is 41.5 Å². The summed E-state index contributed by atoms with van der Waals surface area (Å²) in [5.74, 6) is -1.80. The molecule has 2 aromatic rings. The minimum Gasteiger partial charge on any atom is -0.493 e. The SMILES string of the molecule is COC(=O)C1=C(CCN2CCc3cc(OC)c(OC)cc3C2)N(C)C(C)=C(C(=O)O)C1c1ccc(C(F)(F)F)cc1. The number of esters is 1. The smallest absolute Gasteiger partial charge is 0.416 e. The van der Waals surface area contributed by atoms with Crippen LogP contribution in [0.5, 0.6) is 11.5 Å². The first-order chi connectivity index (χ1) is 19.4. The second-order valence-electron chi connectivity index (χ2n) is 10.0. The van der Waals surface area contributed by atoms with Gasteiger partial charge in [-0.05, 0) is 54.3 Å². The monoisotopic (exact) mass is 574 g/mol. The number of hydrogen-bond acceptors (Lipinski definition) is 7. The van der Waals surface area contributed by atoms with Gasteiger partial charge in [-0.25, -0.2) is 9.59 Å². The Kier molecular flexibility index (Phi) is 8.67. The van der Waals surface area contributed by atoms with Crippen molar-refractivity contribution in [1.29, 1.82) is 0 Å². The van der Waals surface area contributed by atoms with E-state index >= 15 is 0 Å². The van der Waals surface area contributed by atoms with Crippen molar-refractivity contribution < 1.29 is 42.1 Å². The maximum Gasteiger partial charge on any atom is 0.416 e. The summed E-state index contributed by atoms with van der Waals surface area (Å²) < 4.78 is 55.7. The Morgan fingerprint density at radius 1 is 1.00 bits per heavy atom. The number of allylic oxidation sites excluding steroid dienone is 1. The first-order valence-electron chi connectivity index (χ1n) is 13.0. The van der Waals surface area contributed by atoms with Crippen LogP contribution in [0.4, 0.5) is 13.2 Å². The van der Waals surface area contributed by atoms with Gasteiger partial charge in [-0.15, -0.1) is 0 Å². The molecule has 1 atom stereocenters. The van der Waals surface area contributed by atoms with Gasteiger partial charge in [0.1, 0.15) is 0 Å². The van der Waals surface area contributed by atoms with Crippen molar-refractivity contribution in [3.05, 3.63) is 81.2 Å². The lowest BCUT2D eigenvalue weighted by molar-refractivity contribution is -0.138. The van der Waals surface area contributed by atoms with Crippen LogP contribution in [-0.2, 0) is 33.5 Å². The number of rotatable bonds is 8. The quantitative estimate of drug-likeness (QED) is 0.442. The second kappa shape index (κ2) is 11.9. The van der Waals surface area contributed by atoms with E-state index in [0.717, 1.165) is 36.2 Å². The molecule has 0 spiro atoms. The number of carboxylic acids is 1. The van der Waals surface area contributed by atoms with Gasteiger partial charge in [0.2, 0.25) is 0 Å². The van der Waals surface area contributed by atoms with Gasteiger partial charge in [0.05, 0.1) is 44.0 Å². The van der Waals surface area contributed by atoms with E-state index in [0.29, 0.717) is 42.4 Å². The fourth-order valence-corrected chi connectivity index (χ4v) is 5.60. The topological polar surface area (TPSA) is 88.5 Å². The Morgan fingerprint density at radius 3 is 2.15 bits per heavy atom. The van der Waals surface area contributed by atoms with Crippen LogP contribution in [0.2, 0.25) is 0 Å². The zero-order valence-electron chi connectivity index (χ0n) is 23.6. The first kappa shape index (κ1) is 30.0. The molecule has 0 saturated carbocycles. The maximum atomic E-state index is 13.2. The van der Waals surface area contributed by atoms with Crippen LogP contribution < -0.4 is 9.47 Å². The molecular formula is C30H33F3N2O6. The molecule has 0 amide bonds. The van der Waals surface area contributed by atoms with Gasteiger partial charge in [-0.1, -0.05) is 12.1 Å². The molecule has 0 bridgehead atoms. The number of nitrogens with zero attached hydrogens (tertiary/aromatic N) is 2. The Balaban J connectivity index is 1.70. The fraction of sp³-hybridized carbons (Fsp3) is 0.400. The number of halogens is 3. The molecule has 8 nitrogen and oxygen atoms in total. The van der Waals surface area contributed by atoms with Gasteiger partial charge < -0.3 is 24.2 Å². The lowest BCUT2D eigenvalue weighted by Crippen LogP contribution is -2.36. The molecule has 2 aliphatic heterocycles. The third-order valence-electron chi connectivity index (χ3n) is 7.86. The molecule has 0 aliphatic carbocycles. The summed E-state index contributed by atoms with van der Waals surface area (Å²) in [4.78, 5) is 29.5. The predicted octanol–water partition coefficient (Wildman–Crippen LogP) is 4.99. The zero-order valence-corrected chi connectivity index (χ0v) is 23.6. The molecule has 0 fully saturated rings. The van der Waals surface area contributed by atoms with Crippen LogP contribution in [0.1, 0.15) is 41.5 Å². The highest BCUT2D eigenvalue weighted by Gasteiger charge is 2.40. The molecule has 41 heavy (non-hydrogen) atoms. The number of carboxylic acid groups (broad SMARTS) is 1. The van der Waals surface area contributed by atoms with E-state index in [1.165, 1.54) is 19.2 Å². The minimum absolute atomic E-state index is 0.0932. The Morgan fingerprint density at radius 2 is 1.61 bits per heavy atom. The Hall–Kier alpha value is -3.99. The molecule has 11 heteroatoms. The van der Waals surface area contributed by atoms with Crippen LogP contribution in [0.15, 0.2) is 58.9 Å². The largest absolute Gasteiger partial charge is 0.493 e. The minimum atomic E-state index is -4.55. The van der Waals surface area contributed by atoms with Gasteiger partial charge in [-0.3, -0.25) is 4.90 Å². The van der Waals surface area contributed by atoms with Crippen LogP contribution in [-0.4, -0.2) is 68.3 Å². The highest BCUT2D eigenvalue weighted by atomic mass is 19.4. The molecule has 1 unspecified atom stereocenters. The molecule has 4 rings (SSSR count). The van der Waals surface area contributed by atoms with Crippen LogP contribution in [0, 0.1) is 0 Å². The van der Waals surface area contributed by atoms with E-state index < -0.39 is 29.6 Å². The average Bonchev–Trinajstić information content (AvgIpc) is 2.95. The molecule has 0 saturated heterocycles. The molecule has 0 radical (unpaired) electrons. The van der Waals surface area contributed by atoms with Crippen molar-refractivity contribution in [1.82, 2.24) is 9.80 Å². The molecular weight excluding hydrogens is 541 g/mol. The van der Waals surface area contributed by atoms with Crippen molar-refractivity contribution in [2.24, 2.45) is 0 Å². The van der Waals surface area contributed by atoms with Gasteiger partial charge in [0.25, 0.3) is 0 Å². The number of aliphatic carboxylic acids is 1. The summed E-state index contributed by atoms with van der Waals surface area (Å²) in [6.45, 7) is 3.57. The Labute approximate surface area is 236 Å². The first-order valence-corrected chi connectivity index (χ1v) is 13.0. The van der Waals surface area contributed by atoms with E-state index in [4.69, 9.17) is 14.2 Å². The van der Waals surface area contributed by atoms with Crippen molar-refractivity contribution >= 4 is 11.9 Å². The number of alkyl halides is 3. The fourth-order valence-electron chi connectivity index (χ4n) is 5.60. The van der Waals surface area contributed by atoms with Gasteiger partial charge >= 0.3 is 18.1 Å². The highest BCUT2D eigenvalue weighted by molar-refractivity contribution is 5.99. The molecule has 1 N–H and O–H groups in total. The van der Waals surface area contributed by atoms with E-state index in [-0.39, 0.29) is 16.7 Å². The van der Waals surface area contributed by atoms with Crippen LogP contribution >= 0.6 is 0 Å². The highest BCUT2D eigenvalue weighted by Crippen LogP contribution is 2.44. The average molecular weight is 575 g/mol. The van der Waals surface area contributed by atoms with E-state index in [2.05, 4.69) is 4.90 Å². The summed E-state index contributed by atoms with van der Waals surface area (Å²) in [5.41, 5.74) is 2.61. The van der Waals surface area contributed by atoms with Crippen molar-refractivity contribution in [2.45, 2.75) is 38.4 Å². The van der Waals surface area contributed by atoms with Crippen molar-refractivity contribution in [3.8, 4) is 11.5 Å². The zero-order chi connectivity index (χ0) is 30.1. The standard InChI is InChI=1S/C30H33F3N2O6/c1-17-25(28(36)37)26(18-6-8-21(9-7-18)30(31,32)33)27(29(38)41-5)22(34(17)2)11-13-35-12-10-19-14-23(39-3)24(40-4)15-20(19)16-35/h6-9,14-15,26H,10-13,16H2,1-5H3,(H,36,37). The number of hydrogen-bond donors (Lipinski definition) is 1. The molecule has 2 aliphatic rings. The molecule has 2 heterocycles. The number of methoxy groups -OCH3 is 3. The third kappa shape index (κ3) is 5.90. The molecule has 0 aromatic heterocycles. The third-order valence-corrected chi connectivity index (χ3v) is 7.86. The van der Waals surface area contributed by atoms with E-state index in [1.54, 1.807) is 33.1 Å². The molecule has 220 valence electrons. The predicted molar refractivity (Wildman–Crippen MR) is 144 cm³/mol. The van der Waals surface area contributed by atoms with Gasteiger partial charge in [0.15, 0.2) is 11.5 Å². The summed E-state index contributed by atoms with van der Waals surface area (Å²) in [7, 11) is 6.06. The normalized spacial score (nSPS) is 17.9. The summed E-state index contributed by atoms with van der Waals surface area (Å²) >= 11 is 0. The van der Waals surface area contributed by atoms with Crippen molar-refractivity contribution in [3.63, 3.8) is 0 Å². The Bertz CT molecular complexity index is 1400. The number of ether oxygens (including phenoxy) is 3. The maximum absolute atomic E-state index is 13.2. The molecule has 2 aromatic carbocycles. The number of fused-ring (bicyclic) bond motifs is 1. The lowest BCUT2D eigenvalue weighted by Gasteiger charge is -2.38. The number of carbonyl (C=O) groups excluding carboxylic acids is 1. The number of carbonyl (C=O) groups is 2. The van der Waals surface area contributed by atoms with Gasteiger partial charge in [0, 0.05) is 44.5 Å². The lowest BCUT2D eigenvalue weighted by atomic mass is 9.79. The summed E-state index contributed by atoms with van der Waals surface area (Å²) in [5, 5.41) is 10.1. The van der Waals surface area contributed by atoms with Crippen LogP contribution in [0.3, 0.4) is 0 Å². The van der Waals surface area contributed by atoms with E-state index in [9.17, 15) is 27.9 Å². The van der Waals surface area contributed by atoms with E-state index in [1.807, 2.05) is 12.1 Å². The number of benzene rings is 2. The van der Waals surface area contributed by atoms with Gasteiger partial charge in [-0.2, -0.15) is 13.2 Å². The summed E-state index contributed by atoms with van der Waals surface area (Å²) in [6.07, 6.45) is -3.39. The second-order valence-corrected chi connectivity index (χ2v) is 10.0.